The number of hydrogen-bond donors (Lipinski definition) is 2. The summed E-state index contributed by atoms with van der Waals surface area (Å²) >= 11 is 1.48. The van der Waals surface area contributed by atoms with Gasteiger partial charge in [0.15, 0.2) is 0 Å². The molecule has 4 rings (SSSR count). The summed E-state index contributed by atoms with van der Waals surface area (Å²) in [6.07, 6.45) is 8.95. The maximum atomic E-state index is 12.7. The van der Waals surface area contributed by atoms with Gasteiger partial charge in [-0.1, -0.05) is 6.42 Å². The highest BCUT2D eigenvalue weighted by atomic mass is 32.1. The Morgan fingerprint density at radius 2 is 1.86 bits per heavy atom. The lowest BCUT2D eigenvalue weighted by Gasteiger charge is -2.06. The zero-order valence-electron chi connectivity index (χ0n) is 15.9. The Morgan fingerprint density at radius 1 is 1.14 bits per heavy atom. The van der Waals surface area contributed by atoms with Gasteiger partial charge in [-0.05, 0) is 56.4 Å². The number of furan rings is 1. The van der Waals surface area contributed by atoms with Gasteiger partial charge in [-0.25, -0.2) is 0 Å². The quantitative estimate of drug-likeness (QED) is 0.510. The van der Waals surface area contributed by atoms with E-state index in [1.54, 1.807) is 36.0 Å². The van der Waals surface area contributed by atoms with E-state index in [1.807, 2.05) is 12.1 Å². The first-order valence-electron chi connectivity index (χ1n) is 9.47. The molecule has 0 fully saturated rings. The summed E-state index contributed by atoms with van der Waals surface area (Å²) in [5, 5.41) is 9.54. The first-order valence-corrected chi connectivity index (χ1v) is 10.3. The van der Waals surface area contributed by atoms with E-state index in [0.717, 1.165) is 25.7 Å². The number of nitrogens with zero attached hydrogens (tertiary/aromatic N) is 2. The highest BCUT2D eigenvalue weighted by molar-refractivity contribution is 7.14. The van der Waals surface area contributed by atoms with E-state index in [1.165, 1.54) is 28.2 Å². The van der Waals surface area contributed by atoms with Gasteiger partial charge in [0.2, 0.25) is 5.88 Å². The summed E-state index contributed by atoms with van der Waals surface area (Å²) in [7, 11) is 0. The van der Waals surface area contributed by atoms with Crippen LogP contribution in [-0.4, -0.2) is 16.4 Å². The fraction of sp³-hybridized carbons (Fsp3) is 0.286. The van der Waals surface area contributed by atoms with Crippen LogP contribution in [0.4, 0.5) is 0 Å². The molecule has 0 bridgehead atoms. The smallest absolute Gasteiger partial charge is 0.279 e. The largest absolute Gasteiger partial charge is 0.443 e. The van der Waals surface area contributed by atoms with Crippen molar-refractivity contribution in [2.24, 2.45) is 0 Å². The molecule has 0 radical (unpaired) electrons. The molecule has 7 nitrogen and oxygen atoms in total. The molecular formula is C21H20N4O3S. The van der Waals surface area contributed by atoms with Gasteiger partial charge in [0.05, 0.1) is 4.88 Å². The third kappa shape index (κ3) is 3.69. The number of amides is 2. The first kappa shape index (κ1) is 19.0. The van der Waals surface area contributed by atoms with E-state index in [4.69, 9.17) is 4.42 Å². The van der Waals surface area contributed by atoms with Gasteiger partial charge in [0, 0.05) is 17.3 Å². The number of nitrogens with one attached hydrogen (secondary N) is 2. The van der Waals surface area contributed by atoms with Crippen LogP contribution in [0.2, 0.25) is 0 Å². The summed E-state index contributed by atoms with van der Waals surface area (Å²) in [4.78, 5) is 27.0. The van der Waals surface area contributed by atoms with Gasteiger partial charge in [-0.3, -0.25) is 25.0 Å². The molecule has 0 spiro atoms. The van der Waals surface area contributed by atoms with Gasteiger partial charge in [-0.2, -0.15) is 5.26 Å². The fourth-order valence-electron chi connectivity index (χ4n) is 3.58. The number of hydrazine groups is 1. The third-order valence-electron chi connectivity index (χ3n) is 5.00. The summed E-state index contributed by atoms with van der Waals surface area (Å²) in [5.74, 6) is -0.373. The molecule has 148 valence electrons. The molecule has 0 aliphatic heterocycles. The zero-order chi connectivity index (χ0) is 20.4. The molecule has 3 aromatic heterocycles. The molecule has 0 unspecified atom stereocenters. The number of hydrogen-bond acceptors (Lipinski definition) is 5. The van der Waals surface area contributed by atoms with Crippen LogP contribution in [0, 0.1) is 18.3 Å². The zero-order valence-corrected chi connectivity index (χ0v) is 16.8. The van der Waals surface area contributed by atoms with E-state index in [-0.39, 0.29) is 22.9 Å². The monoisotopic (exact) mass is 408 g/mol. The molecular weight excluding hydrogens is 388 g/mol. The lowest BCUT2D eigenvalue weighted by molar-refractivity contribution is 0.0847. The number of thiophene rings is 1. The van der Waals surface area contributed by atoms with Gasteiger partial charge in [0.1, 0.15) is 23.0 Å². The van der Waals surface area contributed by atoms with Gasteiger partial charge in [-0.15, -0.1) is 11.3 Å². The molecule has 1 aliphatic rings. The minimum atomic E-state index is -0.590. The Balaban J connectivity index is 1.49. The highest BCUT2D eigenvalue weighted by Gasteiger charge is 2.25. The van der Waals surface area contributed by atoms with E-state index in [0.29, 0.717) is 10.6 Å². The summed E-state index contributed by atoms with van der Waals surface area (Å²) < 4.78 is 7.25. The molecule has 29 heavy (non-hydrogen) atoms. The molecule has 8 heteroatoms. The number of aromatic nitrogens is 1. The van der Waals surface area contributed by atoms with E-state index in [9.17, 15) is 14.9 Å². The maximum Gasteiger partial charge on any atom is 0.279 e. The number of carbonyl (C=O) groups excluding carboxylic acids is 2. The Kier molecular flexibility index (Phi) is 5.23. The van der Waals surface area contributed by atoms with E-state index >= 15 is 0 Å². The van der Waals surface area contributed by atoms with Crippen molar-refractivity contribution in [2.45, 2.75) is 39.0 Å². The van der Waals surface area contributed by atoms with Gasteiger partial charge >= 0.3 is 0 Å². The van der Waals surface area contributed by atoms with Crippen molar-refractivity contribution in [3.8, 4) is 12.0 Å². The minimum absolute atomic E-state index is 0.110. The van der Waals surface area contributed by atoms with Crippen LogP contribution in [0.25, 0.3) is 5.88 Å². The fourth-order valence-corrected chi connectivity index (χ4v) is 4.72. The highest BCUT2D eigenvalue weighted by Crippen LogP contribution is 2.29. The minimum Gasteiger partial charge on any atom is -0.443 e. The molecule has 3 heterocycles. The van der Waals surface area contributed by atoms with Crippen molar-refractivity contribution in [2.75, 3.05) is 0 Å². The molecule has 0 atom stereocenters. The van der Waals surface area contributed by atoms with Crippen molar-refractivity contribution >= 4 is 23.2 Å². The molecule has 0 saturated carbocycles. The topological polar surface area (TPSA) is 100 Å². The van der Waals surface area contributed by atoms with Crippen LogP contribution >= 0.6 is 11.3 Å². The summed E-state index contributed by atoms with van der Waals surface area (Å²) in [6, 6.07) is 7.53. The molecule has 0 saturated heterocycles. The third-order valence-corrected chi connectivity index (χ3v) is 6.24. The van der Waals surface area contributed by atoms with Crippen LogP contribution in [0.1, 0.15) is 61.1 Å². The standard InChI is InChI=1S/C21H20N4O3S/c1-13-18(15(12-22)21(28-13)25-9-5-6-10-25)20(27)24-23-19(26)17-11-14-7-3-2-4-8-16(14)29-17/h5-6,9-11H,2-4,7-8H2,1H3,(H,23,26)(H,24,27). The molecule has 1 aliphatic carbocycles. The second-order valence-electron chi connectivity index (χ2n) is 6.94. The summed E-state index contributed by atoms with van der Waals surface area (Å²) in [5.41, 5.74) is 6.33. The van der Waals surface area contributed by atoms with Gasteiger partial charge < -0.3 is 4.42 Å². The predicted octanol–water partition coefficient (Wildman–Crippen LogP) is 3.66. The van der Waals surface area contributed by atoms with Crippen LogP contribution in [0.3, 0.4) is 0 Å². The van der Waals surface area contributed by atoms with Crippen molar-refractivity contribution < 1.29 is 14.0 Å². The first-order chi connectivity index (χ1) is 14.1. The van der Waals surface area contributed by atoms with Crippen LogP contribution in [0.5, 0.6) is 0 Å². The Hall–Kier alpha value is -3.31. The second-order valence-corrected chi connectivity index (χ2v) is 8.08. The average Bonchev–Trinajstić information content (AvgIpc) is 3.42. The number of aryl methyl sites for hydroxylation is 3. The van der Waals surface area contributed by atoms with E-state index in [2.05, 4.69) is 10.9 Å². The van der Waals surface area contributed by atoms with Gasteiger partial charge in [0.25, 0.3) is 11.8 Å². The van der Waals surface area contributed by atoms with Crippen LogP contribution < -0.4 is 10.9 Å². The number of fused-ring (bicyclic) bond motifs is 1. The Labute approximate surface area is 171 Å². The SMILES string of the molecule is Cc1oc(-n2cccc2)c(C#N)c1C(=O)NNC(=O)c1cc2c(s1)CCCCC2. The molecule has 3 aromatic rings. The van der Waals surface area contributed by atoms with Crippen molar-refractivity contribution in [1.29, 1.82) is 5.26 Å². The van der Waals surface area contributed by atoms with Crippen molar-refractivity contribution in [3.63, 3.8) is 0 Å². The molecule has 2 amide bonds. The lowest BCUT2D eigenvalue weighted by atomic mass is 10.1. The normalized spacial score (nSPS) is 13.2. The number of carbonyl (C=O) groups is 2. The molecule has 2 N–H and O–H groups in total. The molecule has 0 aromatic carbocycles. The van der Waals surface area contributed by atoms with E-state index < -0.39 is 5.91 Å². The van der Waals surface area contributed by atoms with Crippen LogP contribution in [0.15, 0.2) is 35.0 Å². The lowest BCUT2D eigenvalue weighted by Crippen LogP contribution is -2.41. The average molecular weight is 408 g/mol. The number of rotatable bonds is 3. The Morgan fingerprint density at radius 3 is 2.62 bits per heavy atom. The number of nitriles is 1. The predicted molar refractivity (Wildman–Crippen MR) is 108 cm³/mol. The Bertz CT molecular complexity index is 1080. The maximum absolute atomic E-state index is 12.7. The van der Waals surface area contributed by atoms with Crippen LogP contribution in [-0.2, 0) is 12.8 Å². The summed E-state index contributed by atoms with van der Waals surface area (Å²) in [6.45, 7) is 1.61. The second kappa shape index (κ2) is 7.97. The van der Waals surface area contributed by atoms with Crippen molar-refractivity contribution in [3.05, 3.63) is 62.8 Å². The van der Waals surface area contributed by atoms with Crippen molar-refractivity contribution in [1.82, 2.24) is 15.4 Å².